The number of furan rings is 1. The summed E-state index contributed by atoms with van der Waals surface area (Å²) in [5.74, 6) is -0.348. The lowest BCUT2D eigenvalue weighted by atomic mass is 9.96. The van der Waals surface area contributed by atoms with Gasteiger partial charge in [-0.3, -0.25) is 9.59 Å². The van der Waals surface area contributed by atoms with Crippen LogP contribution in [0.25, 0.3) is 6.08 Å². The fourth-order valence-electron chi connectivity index (χ4n) is 3.04. The predicted octanol–water partition coefficient (Wildman–Crippen LogP) is 3.75. The summed E-state index contributed by atoms with van der Waals surface area (Å²) in [5, 5.41) is 2.84. The molecule has 1 fully saturated rings. The molecule has 5 nitrogen and oxygen atoms in total. The van der Waals surface area contributed by atoms with E-state index >= 15 is 0 Å². The Kier molecular flexibility index (Phi) is 6.29. The number of likely N-dealkylation sites (tertiary alicyclic amines) is 1. The van der Waals surface area contributed by atoms with E-state index in [1.54, 1.807) is 29.4 Å². The van der Waals surface area contributed by atoms with Crippen LogP contribution in [-0.4, -0.2) is 36.3 Å². The quantitative estimate of drug-likeness (QED) is 0.791. The second-order valence-electron chi connectivity index (χ2n) is 6.42. The highest BCUT2D eigenvalue weighted by Crippen LogP contribution is 2.20. The summed E-state index contributed by atoms with van der Waals surface area (Å²) < 4.78 is 18.9. The van der Waals surface area contributed by atoms with Crippen molar-refractivity contribution >= 4 is 29.5 Å². The molecule has 1 N–H and O–H groups in total. The maximum atomic E-state index is 13.8. The van der Waals surface area contributed by atoms with Crippen molar-refractivity contribution in [1.29, 1.82) is 0 Å². The van der Waals surface area contributed by atoms with E-state index < -0.39 is 11.7 Å². The van der Waals surface area contributed by atoms with E-state index in [4.69, 9.17) is 16.0 Å². The zero-order chi connectivity index (χ0) is 19.2. The summed E-state index contributed by atoms with van der Waals surface area (Å²) in [6, 6.07) is 7.70. The molecule has 2 aromatic rings. The van der Waals surface area contributed by atoms with Gasteiger partial charge in [-0.05, 0) is 49.1 Å². The Labute approximate surface area is 161 Å². The minimum atomic E-state index is -0.635. The molecule has 1 aliphatic heterocycles. The molecule has 0 aliphatic carbocycles. The fraction of sp³-hybridized carbons (Fsp3) is 0.300. The van der Waals surface area contributed by atoms with Crippen molar-refractivity contribution in [3.05, 3.63) is 64.8 Å². The summed E-state index contributed by atoms with van der Waals surface area (Å²) >= 11 is 5.91. The number of nitrogens with one attached hydrogen (secondary N) is 1. The van der Waals surface area contributed by atoms with E-state index in [1.807, 2.05) is 0 Å². The number of carbonyl (C=O) groups excluding carboxylic acids is 2. The molecule has 1 aliphatic rings. The minimum absolute atomic E-state index is 0.0629. The average molecular weight is 391 g/mol. The van der Waals surface area contributed by atoms with Crippen molar-refractivity contribution in [3.8, 4) is 0 Å². The van der Waals surface area contributed by atoms with Gasteiger partial charge in [0.25, 0.3) is 5.91 Å². The molecule has 7 heteroatoms. The Bertz CT molecular complexity index is 808. The molecular weight excluding hydrogens is 371 g/mol. The number of hydrogen-bond donors (Lipinski definition) is 1. The normalized spacial score (nSPS) is 15.3. The molecule has 1 aromatic heterocycles. The molecule has 0 saturated carbocycles. The first-order chi connectivity index (χ1) is 13.0. The molecule has 2 heterocycles. The van der Waals surface area contributed by atoms with Gasteiger partial charge in [0, 0.05) is 25.7 Å². The number of hydrogen-bond acceptors (Lipinski definition) is 3. The van der Waals surface area contributed by atoms with Crippen LogP contribution >= 0.6 is 11.6 Å². The van der Waals surface area contributed by atoms with Crippen LogP contribution in [0.3, 0.4) is 0 Å². The van der Waals surface area contributed by atoms with Gasteiger partial charge in [-0.15, -0.1) is 0 Å². The molecule has 0 atom stereocenters. The third-order valence-electron chi connectivity index (χ3n) is 4.60. The number of halogens is 2. The van der Waals surface area contributed by atoms with Crippen molar-refractivity contribution in [2.45, 2.75) is 12.8 Å². The highest BCUT2D eigenvalue weighted by molar-refractivity contribution is 6.33. The highest BCUT2D eigenvalue weighted by Gasteiger charge is 2.23. The van der Waals surface area contributed by atoms with E-state index in [-0.39, 0.29) is 22.4 Å². The number of benzene rings is 1. The summed E-state index contributed by atoms with van der Waals surface area (Å²) in [6.07, 6.45) is 6.24. The SMILES string of the molecule is O=C(NCC1CCN(C(=O)C=Cc2ccco2)CC1)c1c(F)cccc1Cl. The van der Waals surface area contributed by atoms with E-state index in [0.717, 1.165) is 12.8 Å². The van der Waals surface area contributed by atoms with Gasteiger partial charge in [-0.1, -0.05) is 17.7 Å². The number of amides is 2. The lowest BCUT2D eigenvalue weighted by Gasteiger charge is -2.31. The summed E-state index contributed by atoms with van der Waals surface area (Å²) in [7, 11) is 0. The Morgan fingerprint density at radius 1 is 1.26 bits per heavy atom. The Hall–Kier alpha value is -2.60. The summed E-state index contributed by atoms with van der Waals surface area (Å²) in [6.45, 7) is 1.65. The van der Waals surface area contributed by atoms with Crippen LogP contribution in [0, 0.1) is 11.7 Å². The van der Waals surface area contributed by atoms with Crippen molar-refractivity contribution < 1.29 is 18.4 Å². The standard InChI is InChI=1S/C20H20ClFN2O3/c21-16-4-1-5-17(22)19(16)20(26)23-13-14-8-10-24(11-9-14)18(25)7-6-15-3-2-12-27-15/h1-7,12,14H,8-11,13H2,(H,23,26). The molecule has 142 valence electrons. The van der Waals surface area contributed by atoms with E-state index in [0.29, 0.717) is 25.4 Å². The van der Waals surface area contributed by atoms with Gasteiger partial charge in [0.2, 0.25) is 5.91 Å². The van der Waals surface area contributed by atoms with Gasteiger partial charge in [0.15, 0.2) is 0 Å². The molecule has 0 unspecified atom stereocenters. The van der Waals surface area contributed by atoms with Crippen LogP contribution in [0.1, 0.15) is 29.0 Å². The van der Waals surface area contributed by atoms with Crippen molar-refractivity contribution in [1.82, 2.24) is 10.2 Å². The lowest BCUT2D eigenvalue weighted by molar-refractivity contribution is -0.127. The molecule has 2 amide bonds. The van der Waals surface area contributed by atoms with Gasteiger partial charge < -0.3 is 14.6 Å². The molecular formula is C20H20ClFN2O3. The first-order valence-corrected chi connectivity index (χ1v) is 9.15. The molecule has 27 heavy (non-hydrogen) atoms. The molecule has 1 aromatic carbocycles. The van der Waals surface area contributed by atoms with Gasteiger partial charge in [0.05, 0.1) is 16.8 Å². The monoisotopic (exact) mass is 390 g/mol. The van der Waals surface area contributed by atoms with Crippen LogP contribution in [0.4, 0.5) is 4.39 Å². The van der Waals surface area contributed by atoms with Crippen LogP contribution in [0.15, 0.2) is 47.1 Å². The van der Waals surface area contributed by atoms with Gasteiger partial charge >= 0.3 is 0 Å². The maximum Gasteiger partial charge on any atom is 0.255 e. The van der Waals surface area contributed by atoms with Gasteiger partial charge in [-0.25, -0.2) is 4.39 Å². The van der Waals surface area contributed by atoms with Crippen molar-refractivity contribution in [2.24, 2.45) is 5.92 Å². The topological polar surface area (TPSA) is 62.6 Å². The number of rotatable bonds is 5. The Balaban J connectivity index is 1.45. The van der Waals surface area contributed by atoms with Crippen molar-refractivity contribution in [2.75, 3.05) is 19.6 Å². The lowest BCUT2D eigenvalue weighted by Crippen LogP contribution is -2.41. The third kappa shape index (κ3) is 4.98. The third-order valence-corrected chi connectivity index (χ3v) is 4.92. The Morgan fingerprint density at radius 3 is 2.70 bits per heavy atom. The summed E-state index contributed by atoms with van der Waals surface area (Å²) in [5.41, 5.74) is -0.130. The van der Waals surface area contributed by atoms with Crippen LogP contribution < -0.4 is 5.32 Å². The molecule has 1 saturated heterocycles. The van der Waals surface area contributed by atoms with E-state index in [1.165, 1.54) is 24.3 Å². The minimum Gasteiger partial charge on any atom is -0.465 e. The van der Waals surface area contributed by atoms with Crippen LogP contribution in [-0.2, 0) is 4.79 Å². The average Bonchev–Trinajstić information content (AvgIpc) is 3.18. The second-order valence-corrected chi connectivity index (χ2v) is 6.83. The number of carbonyl (C=O) groups is 2. The number of nitrogens with zero attached hydrogens (tertiary/aromatic N) is 1. The first kappa shape index (κ1) is 19.2. The maximum absolute atomic E-state index is 13.8. The van der Waals surface area contributed by atoms with E-state index in [9.17, 15) is 14.0 Å². The van der Waals surface area contributed by atoms with Crippen molar-refractivity contribution in [3.63, 3.8) is 0 Å². The summed E-state index contributed by atoms with van der Waals surface area (Å²) in [4.78, 5) is 26.1. The van der Waals surface area contributed by atoms with Crippen LogP contribution in [0.5, 0.6) is 0 Å². The molecule has 3 rings (SSSR count). The zero-order valence-corrected chi connectivity index (χ0v) is 15.4. The predicted molar refractivity (Wildman–Crippen MR) is 101 cm³/mol. The fourth-order valence-corrected chi connectivity index (χ4v) is 3.29. The molecule has 0 spiro atoms. The van der Waals surface area contributed by atoms with Gasteiger partial charge in [0.1, 0.15) is 11.6 Å². The highest BCUT2D eigenvalue weighted by atomic mass is 35.5. The molecule has 0 radical (unpaired) electrons. The Morgan fingerprint density at radius 2 is 2.04 bits per heavy atom. The van der Waals surface area contributed by atoms with E-state index in [2.05, 4.69) is 5.32 Å². The smallest absolute Gasteiger partial charge is 0.255 e. The zero-order valence-electron chi connectivity index (χ0n) is 14.7. The first-order valence-electron chi connectivity index (χ1n) is 8.77. The van der Waals surface area contributed by atoms with Gasteiger partial charge in [-0.2, -0.15) is 0 Å². The van der Waals surface area contributed by atoms with Crippen LogP contribution in [0.2, 0.25) is 5.02 Å². The largest absolute Gasteiger partial charge is 0.465 e. The molecule has 0 bridgehead atoms. The second kappa shape index (κ2) is 8.86. The number of piperidine rings is 1.